The van der Waals surface area contributed by atoms with Crippen LogP contribution in [0.1, 0.15) is 40.0 Å². The molecule has 1 aliphatic carbocycles. The number of hydrogen-bond acceptors (Lipinski definition) is 2. The first kappa shape index (κ1) is 13.0. The van der Waals surface area contributed by atoms with Gasteiger partial charge < -0.3 is 10.4 Å². The molecule has 2 N–H and O–H groups in total. The molecular formula is C12H21NO3. The molecule has 0 radical (unpaired) electrons. The van der Waals surface area contributed by atoms with Crippen LogP contribution in [-0.2, 0) is 9.59 Å². The Balaban J connectivity index is 2.69. The number of aliphatic carboxylic acids is 1. The minimum atomic E-state index is -0.833. The first-order valence-corrected chi connectivity index (χ1v) is 5.98. The normalized spacial score (nSPS) is 29.4. The van der Waals surface area contributed by atoms with Gasteiger partial charge in [0.1, 0.15) is 0 Å². The van der Waals surface area contributed by atoms with E-state index < -0.39 is 11.9 Å². The van der Waals surface area contributed by atoms with Gasteiger partial charge in [-0.3, -0.25) is 9.59 Å². The molecule has 1 unspecified atom stereocenters. The molecule has 0 bridgehead atoms. The highest BCUT2D eigenvalue weighted by Crippen LogP contribution is 2.38. The van der Waals surface area contributed by atoms with E-state index in [1.54, 1.807) is 0 Å². The molecule has 92 valence electrons. The fourth-order valence-corrected chi connectivity index (χ4v) is 2.43. The number of carbonyl (C=O) groups is 2. The number of amides is 1. The second kappa shape index (κ2) is 5.32. The summed E-state index contributed by atoms with van der Waals surface area (Å²) in [7, 11) is 0. The Morgan fingerprint density at radius 1 is 1.31 bits per heavy atom. The second-order valence-corrected chi connectivity index (χ2v) is 4.96. The molecule has 0 heterocycles. The number of hydrogen-bond donors (Lipinski definition) is 2. The summed E-state index contributed by atoms with van der Waals surface area (Å²) in [5.41, 5.74) is 0. The number of rotatable bonds is 4. The third-order valence-corrected chi connectivity index (χ3v) is 3.32. The van der Waals surface area contributed by atoms with Crippen molar-refractivity contribution in [2.45, 2.75) is 46.1 Å². The fourth-order valence-electron chi connectivity index (χ4n) is 2.43. The Morgan fingerprint density at radius 2 is 1.88 bits per heavy atom. The maximum absolute atomic E-state index is 11.9. The fraction of sp³-hybridized carbons (Fsp3) is 0.833. The van der Waals surface area contributed by atoms with Crippen LogP contribution >= 0.6 is 0 Å². The van der Waals surface area contributed by atoms with Crippen molar-refractivity contribution < 1.29 is 14.7 Å². The zero-order chi connectivity index (χ0) is 12.3. The molecular weight excluding hydrogens is 206 g/mol. The quantitative estimate of drug-likeness (QED) is 0.767. The van der Waals surface area contributed by atoms with E-state index in [1.165, 1.54) is 0 Å². The largest absolute Gasteiger partial charge is 0.481 e. The molecule has 3 atom stereocenters. The van der Waals surface area contributed by atoms with E-state index >= 15 is 0 Å². The molecule has 1 rings (SSSR count). The van der Waals surface area contributed by atoms with Gasteiger partial charge in [0.15, 0.2) is 0 Å². The van der Waals surface area contributed by atoms with Gasteiger partial charge in [-0.25, -0.2) is 0 Å². The van der Waals surface area contributed by atoms with E-state index in [2.05, 4.69) is 5.32 Å². The number of nitrogens with one attached hydrogen (secondary N) is 1. The minimum absolute atomic E-state index is 0.0719. The lowest BCUT2D eigenvalue weighted by molar-refractivity contribution is -0.146. The number of carboxylic acids is 1. The lowest BCUT2D eigenvalue weighted by Crippen LogP contribution is -2.38. The second-order valence-electron chi connectivity index (χ2n) is 4.96. The van der Waals surface area contributed by atoms with E-state index in [1.807, 2.05) is 20.8 Å². The van der Waals surface area contributed by atoms with Gasteiger partial charge in [-0.15, -0.1) is 0 Å². The van der Waals surface area contributed by atoms with E-state index in [0.29, 0.717) is 18.8 Å². The molecule has 1 fully saturated rings. The van der Waals surface area contributed by atoms with Gasteiger partial charge in [0.2, 0.25) is 5.91 Å². The first-order valence-electron chi connectivity index (χ1n) is 5.98. The average Bonchev–Trinajstić information content (AvgIpc) is 2.60. The summed E-state index contributed by atoms with van der Waals surface area (Å²) in [5.74, 6) is -1.39. The van der Waals surface area contributed by atoms with Crippen molar-refractivity contribution in [2.75, 3.05) is 0 Å². The molecule has 0 aromatic carbocycles. The molecule has 4 nitrogen and oxygen atoms in total. The summed E-state index contributed by atoms with van der Waals surface area (Å²) in [5, 5.41) is 11.9. The summed E-state index contributed by atoms with van der Waals surface area (Å²) < 4.78 is 0. The van der Waals surface area contributed by atoms with Crippen LogP contribution in [-0.4, -0.2) is 23.0 Å². The smallest absolute Gasteiger partial charge is 0.307 e. The first-order chi connectivity index (χ1) is 7.45. The molecule has 0 aromatic heterocycles. The molecule has 1 aliphatic rings. The van der Waals surface area contributed by atoms with Crippen molar-refractivity contribution in [1.29, 1.82) is 0 Å². The predicted molar refractivity (Wildman–Crippen MR) is 60.9 cm³/mol. The molecule has 1 amide bonds. The van der Waals surface area contributed by atoms with Crippen molar-refractivity contribution in [1.82, 2.24) is 5.32 Å². The number of carboxylic acid groups (broad SMARTS) is 1. The SMILES string of the molecule is CCC1C[C@H](C(=O)NC(C)C)[C@H](C(=O)O)C1. The zero-order valence-corrected chi connectivity index (χ0v) is 10.2. The van der Waals surface area contributed by atoms with E-state index in [-0.39, 0.29) is 17.9 Å². The molecule has 0 aliphatic heterocycles. The summed E-state index contributed by atoms with van der Waals surface area (Å²) in [6.45, 7) is 5.83. The van der Waals surface area contributed by atoms with Gasteiger partial charge in [0, 0.05) is 6.04 Å². The minimum Gasteiger partial charge on any atom is -0.481 e. The molecule has 0 spiro atoms. The van der Waals surface area contributed by atoms with Gasteiger partial charge in [-0.2, -0.15) is 0 Å². The summed E-state index contributed by atoms with van der Waals surface area (Å²) in [6.07, 6.45) is 2.31. The predicted octanol–water partition coefficient (Wildman–Crippen LogP) is 1.65. The van der Waals surface area contributed by atoms with Crippen LogP contribution < -0.4 is 5.32 Å². The van der Waals surface area contributed by atoms with Crippen LogP contribution in [0.5, 0.6) is 0 Å². The van der Waals surface area contributed by atoms with Crippen LogP contribution in [0.2, 0.25) is 0 Å². The van der Waals surface area contributed by atoms with Crippen molar-refractivity contribution in [3.8, 4) is 0 Å². The summed E-state index contributed by atoms with van der Waals surface area (Å²) in [4.78, 5) is 22.9. The maximum Gasteiger partial charge on any atom is 0.307 e. The van der Waals surface area contributed by atoms with Crippen LogP contribution in [0.3, 0.4) is 0 Å². The Morgan fingerprint density at radius 3 is 2.31 bits per heavy atom. The van der Waals surface area contributed by atoms with Crippen molar-refractivity contribution in [3.05, 3.63) is 0 Å². The van der Waals surface area contributed by atoms with Crippen LogP contribution in [0.4, 0.5) is 0 Å². The Labute approximate surface area is 96.4 Å². The van der Waals surface area contributed by atoms with E-state index in [0.717, 1.165) is 6.42 Å². The lowest BCUT2D eigenvalue weighted by atomic mass is 9.95. The maximum atomic E-state index is 11.9. The molecule has 0 saturated heterocycles. The van der Waals surface area contributed by atoms with Crippen LogP contribution in [0.25, 0.3) is 0 Å². The van der Waals surface area contributed by atoms with Gasteiger partial charge in [-0.05, 0) is 32.6 Å². The van der Waals surface area contributed by atoms with Crippen LogP contribution in [0.15, 0.2) is 0 Å². The average molecular weight is 227 g/mol. The molecule has 0 aromatic rings. The standard InChI is InChI=1S/C12H21NO3/c1-4-8-5-9(10(6-8)12(15)16)11(14)13-7(2)3/h7-10H,4-6H2,1-3H3,(H,13,14)(H,15,16)/t8?,9-,10+/m0/s1. The Hall–Kier alpha value is -1.06. The highest BCUT2D eigenvalue weighted by atomic mass is 16.4. The van der Waals surface area contributed by atoms with Crippen molar-refractivity contribution in [3.63, 3.8) is 0 Å². The topological polar surface area (TPSA) is 66.4 Å². The van der Waals surface area contributed by atoms with Crippen molar-refractivity contribution >= 4 is 11.9 Å². The highest BCUT2D eigenvalue weighted by molar-refractivity contribution is 5.85. The lowest BCUT2D eigenvalue weighted by Gasteiger charge is -2.17. The molecule has 1 saturated carbocycles. The molecule has 16 heavy (non-hydrogen) atoms. The summed E-state index contributed by atoms with van der Waals surface area (Å²) >= 11 is 0. The zero-order valence-electron chi connectivity index (χ0n) is 10.2. The molecule has 4 heteroatoms. The third-order valence-electron chi connectivity index (χ3n) is 3.32. The summed E-state index contributed by atoms with van der Waals surface area (Å²) in [6, 6.07) is 0.0719. The van der Waals surface area contributed by atoms with E-state index in [9.17, 15) is 9.59 Å². The Kier molecular flexibility index (Phi) is 4.33. The van der Waals surface area contributed by atoms with Gasteiger partial charge >= 0.3 is 5.97 Å². The third kappa shape index (κ3) is 2.97. The van der Waals surface area contributed by atoms with Crippen LogP contribution in [0, 0.1) is 17.8 Å². The Bertz CT molecular complexity index is 275. The van der Waals surface area contributed by atoms with Gasteiger partial charge in [0.05, 0.1) is 11.8 Å². The monoisotopic (exact) mass is 227 g/mol. The van der Waals surface area contributed by atoms with Gasteiger partial charge in [0.25, 0.3) is 0 Å². The number of carbonyl (C=O) groups excluding carboxylic acids is 1. The van der Waals surface area contributed by atoms with Crippen molar-refractivity contribution in [2.24, 2.45) is 17.8 Å². The highest BCUT2D eigenvalue weighted by Gasteiger charge is 2.42. The van der Waals surface area contributed by atoms with E-state index in [4.69, 9.17) is 5.11 Å². The van der Waals surface area contributed by atoms with Gasteiger partial charge in [-0.1, -0.05) is 13.3 Å².